The Balaban J connectivity index is 1.02. The normalized spacial score (nSPS) is 33.7. The van der Waals surface area contributed by atoms with Crippen LogP contribution < -0.4 is 0 Å². The van der Waals surface area contributed by atoms with Crippen LogP contribution in [-0.4, -0.2) is 53.8 Å². The lowest BCUT2D eigenvalue weighted by atomic mass is 9.93. The molecule has 0 amide bonds. The van der Waals surface area contributed by atoms with Crippen molar-refractivity contribution >= 4 is 17.5 Å². The van der Waals surface area contributed by atoms with Gasteiger partial charge in [-0.3, -0.25) is 9.59 Å². The number of unbranched alkanes of at least 4 members (excludes halogenated alkanes) is 8. The quantitative estimate of drug-likeness (QED) is 0.179. The standard InChI is InChI=1S/C28H42O7/c1-2-23-24(32-23)13-11-9-7-5-3-4-6-8-10-12-20(29)16-22-17-21(30)18-28(34-22)19-26-25(35-28)14-15-27(31)33-26/h14-15,22-26H,2-13,16-19H2,1H3. The molecule has 1 spiro atoms. The molecule has 0 saturated carbocycles. The average Bonchev–Trinajstić information content (AvgIpc) is 3.49. The number of ether oxygens (including phenoxy) is 4. The van der Waals surface area contributed by atoms with Crippen molar-refractivity contribution in [3.05, 3.63) is 12.2 Å². The van der Waals surface area contributed by atoms with E-state index >= 15 is 0 Å². The van der Waals surface area contributed by atoms with Gasteiger partial charge in [-0.05, 0) is 25.3 Å². The fourth-order valence-corrected chi connectivity index (χ4v) is 5.80. The topological polar surface area (TPSA) is 91.4 Å². The lowest BCUT2D eigenvalue weighted by Crippen LogP contribution is -2.45. The first-order valence-electron chi connectivity index (χ1n) is 13.9. The van der Waals surface area contributed by atoms with Crippen molar-refractivity contribution < 1.29 is 33.3 Å². The van der Waals surface area contributed by atoms with Crippen LogP contribution in [0.25, 0.3) is 0 Å². The maximum absolute atomic E-state index is 12.5. The molecule has 4 heterocycles. The van der Waals surface area contributed by atoms with E-state index in [1.54, 1.807) is 6.08 Å². The largest absolute Gasteiger partial charge is 0.456 e. The third-order valence-corrected chi connectivity index (χ3v) is 7.71. The predicted octanol–water partition coefficient (Wildman–Crippen LogP) is 5.13. The Hall–Kier alpha value is -1.57. The van der Waals surface area contributed by atoms with Crippen molar-refractivity contribution in [1.82, 2.24) is 0 Å². The summed E-state index contributed by atoms with van der Waals surface area (Å²) in [4.78, 5) is 36.4. The Morgan fingerprint density at radius 2 is 1.69 bits per heavy atom. The monoisotopic (exact) mass is 490 g/mol. The van der Waals surface area contributed by atoms with Gasteiger partial charge in [-0.2, -0.15) is 0 Å². The van der Waals surface area contributed by atoms with E-state index in [9.17, 15) is 14.4 Å². The number of carbonyl (C=O) groups excluding carboxylic acids is 3. The van der Waals surface area contributed by atoms with Gasteiger partial charge >= 0.3 is 5.97 Å². The Kier molecular flexibility index (Phi) is 9.53. The van der Waals surface area contributed by atoms with Crippen LogP contribution in [0.1, 0.15) is 110 Å². The fourth-order valence-electron chi connectivity index (χ4n) is 5.80. The molecule has 4 aliphatic rings. The second-order valence-corrected chi connectivity index (χ2v) is 10.8. The van der Waals surface area contributed by atoms with Gasteiger partial charge in [0.2, 0.25) is 0 Å². The van der Waals surface area contributed by atoms with Crippen LogP contribution >= 0.6 is 0 Å². The third kappa shape index (κ3) is 7.96. The molecule has 6 unspecified atom stereocenters. The zero-order chi connectivity index (χ0) is 24.7. The molecule has 0 N–H and O–H groups in total. The summed E-state index contributed by atoms with van der Waals surface area (Å²) in [5.41, 5.74) is 0. The molecule has 4 rings (SSSR count). The summed E-state index contributed by atoms with van der Waals surface area (Å²) in [6.07, 6.45) is 17.6. The Morgan fingerprint density at radius 1 is 0.971 bits per heavy atom. The minimum absolute atomic E-state index is 0.0361. The molecule has 0 radical (unpaired) electrons. The highest BCUT2D eigenvalue weighted by atomic mass is 16.7. The average molecular weight is 491 g/mol. The van der Waals surface area contributed by atoms with Crippen LogP contribution in [0.2, 0.25) is 0 Å². The van der Waals surface area contributed by atoms with Crippen LogP contribution in [-0.2, 0) is 33.3 Å². The summed E-state index contributed by atoms with van der Waals surface area (Å²) in [6, 6.07) is 0. The highest BCUT2D eigenvalue weighted by molar-refractivity contribution is 5.84. The van der Waals surface area contributed by atoms with Gasteiger partial charge in [0, 0.05) is 31.8 Å². The number of esters is 1. The molecule has 6 atom stereocenters. The zero-order valence-corrected chi connectivity index (χ0v) is 21.2. The number of epoxide rings is 1. The highest BCUT2D eigenvalue weighted by Gasteiger charge is 2.53. The summed E-state index contributed by atoms with van der Waals surface area (Å²) in [5.74, 6) is -1.29. The van der Waals surface area contributed by atoms with E-state index in [1.165, 1.54) is 57.4 Å². The minimum Gasteiger partial charge on any atom is -0.456 e. The van der Waals surface area contributed by atoms with Crippen molar-refractivity contribution in [2.24, 2.45) is 0 Å². The van der Waals surface area contributed by atoms with E-state index in [-0.39, 0.29) is 36.9 Å². The summed E-state index contributed by atoms with van der Waals surface area (Å²) in [5, 5.41) is 0. The molecule has 0 aromatic rings. The van der Waals surface area contributed by atoms with Crippen LogP contribution in [0.4, 0.5) is 0 Å². The number of hydrogen-bond donors (Lipinski definition) is 0. The lowest BCUT2D eigenvalue weighted by molar-refractivity contribution is -0.257. The molecule has 35 heavy (non-hydrogen) atoms. The van der Waals surface area contributed by atoms with E-state index < -0.39 is 24.0 Å². The second kappa shape index (κ2) is 12.6. The second-order valence-electron chi connectivity index (χ2n) is 10.8. The number of fused-ring (bicyclic) bond motifs is 1. The SMILES string of the molecule is CCC1OC1CCCCCCCCCCCC(=O)CC1CC(=O)CC2(CC3OC(=O)C=CC3O2)O1. The molecule has 3 fully saturated rings. The van der Waals surface area contributed by atoms with Gasteiger partial charge < -0.3 is 18.9 Å². The van der Waals surface area contributed by atoms with Crippen molar-refractivity contribution in [2.45, 2.75) is 146 Å². The number of ketones is 2. The third-order valence-electron chi connectivity index (χ3n) is 7.71. The van der Waals surface area contributed by atoms with Crippen molar-refractivity contribution in [3.63, 3.8) is 0 Å². The van der Waals surface area contributed by atoms with Crippen LogP contribution in [0.3, 0.4) is 0 Å². The van der Waals surface area contributed by atoms with Gasteiger partial charge in [0.25, 0.3) is 0 Å². The number of rotatable bonds is 15. The van der Waals surface area contributed by atoms with Crippen molar-refractivity contribution in [1.29, 1.82) is 0 Å². The first kappa shape index (κ1) is 26.5. The first-order chi connectivity index (χ1) is 17.0. The maximum atomic E-state index is 12.5. The van der Waals surface area contributed by atoms with Crippen LogP contribution in [0.15, 0.2) is 12.2 Å². The van der Waals surface area contributed by atoms with E-state index in [4.69, 9.17) is 18.9 Å². The summed E-state index contributed by atoms with van der Waals surface area (Å²) >= 11 is 0. The van der Waals surface area contributed by atoms with Gasteiger partial charge in [-0.25, -0.2) is 4.79 Å². The van der Waals surface area contributed by atoms with Gasteiger partial charge in [0.1, 0.15) is 23.8 Å². The van der Waals surface area contributed by atoms with E-state index in [0.29, 0.717) is 25.0 Å². The maximum Gasteiger partial charge on any atom is 0.330 e. The Bertz CT molecular complexity index is 777. The molecule has 0 aromatic heterocycles. The molecule has 4 aliphatic heterocycles. The fraction of sp³-hybridized carbons (Fsp3) is 0.821. The number of carbonyl (C=O) groups is 3. The molecule has 3 saturated heterocycles. The molecule has 0 bridgehead atoms. The summed E-state index contributed by atoms with van der Waals surface area (Å²) in [6.45, 7) is 2.19. The van der Waals surface area contributed by atoms with Gasteiger partial charge in [0.15, 0.2) is 5.79 Å². The van der Waals surface area contributed by atoms with Gasteiger partial charge in [-0.15, -0.1) is 0 Å². The van der Waals surface area contributed by atoms with Crippen molar-refractivity contribution in [3.8, 4) is 0 Å². The molecular weight excluding hydrogens is 448 g/mol. The summed E-state index contributed by atoms with van der Waals surface area (Å²) in [7, 11) is 0. The Morgan fingerprint density at radius 3 is 2.40 bits per heavy atom. The molecule has 7 heteroatoms. The van der Waals surface area contributed by atoms with E-state index in [0.717, 1.165) is 19.3 Å². The van der Waals surface area contributed by atoms with Crippen LogP contribution in [0.5, 0.6) is 0 Å². The number of hydrogen-bond acceptors (Lipinski definition) is 7. The molecule has 0 aromatic carbocycles. The smallest absolute Gasteiger partial charge is 0.330 e. The minimum atomic E-state index is -1.08. The first-order valence-corrected chi connectivity index (χ1v) is 13.9. The predicted molar refractivity (Wildman–Crippen MR) is 130 cm³/mol. The van der Waals surface area contributed by atoms with E-state index in [1.807, 2.05) is 0 Å². The molecule has 7 nitrogen and oxygen atoms in total. The van der Waals surface area contributed by atoms with Gasteiger partial charge in [-0.1, -0.05) is 58.3 Å². The highest BCUT2D eigenvalue weighted by Crippen LogP contribution is 2.42. The Labute approximate surface area is 209 Å². The van der Waals surface area contributed by atoms with Gasteiger partial charge in [0.05, 0.1) is 24.7 Å². The number of Topliss-reactive ketones (excluding diaryl/α,β-unsaturated/α-hetero) is 2. The molecule has 0 aliphatic carbocycles. The lowest BCUT2D eigenvalue weighted by Gasteiger charge is -2.36. The summed E-state index contributed by atoms with van der Waals surface area (Å²) < 4.78 is 23.0. The molecular formula is C28H42O7. The molecule has 196 valence electrons. The zero-order valence-electron chi connectivity index (χ0n) is 21.2. The van der Waals surface area contributed by atoms with Crippen LogP contribution in [0, 0.1) is 0 Å². The van der Waals surface area contributed by atoms with Crippen molar-refractivity contribution in [2.75, 3.05) is 0 Å². The van der Waals surface area contributed by atoms with E-state index in [2.05, 4.69) is 6.92 Å².